The van der Waals surface area contributed by atoms with E-state index in [0.717, 1.165) is 0 Å². The summed E-state index contributed by atoms with van der Waals surface area (Å²) in [6.07, 6.45) is -5.68. The van der Waals surface area contributed by atoms with E-state index in [1.807, 2.05) is 0 Å². The van der Waals surface area contributed by atoms with Gasteiger partial charge in [-0.3, -0.25) is 4.79 Å². The number of nitrogens with one attached hydrogen (secondary N) is 1. The van der Waals surface area contributed by atoms with Gasteiger partial charge >= 0.3 is 6.18 Å². The van der Waals surface area contributed by atoms with Crippen molar-refractivity contribution in [3.8, 4) is 11.5 Å². The summed E-state index contributed by atoms with van der Waals surface area (Å²) in [5.41, 5.74) is -0.0430. The number of alkyl halides is 3. The van der Waals surface area contributed by atoms with Crippen molar-refractivity contribution in [1.82, 2.24) is 15.5 Å². The smallest absolute Gasteiger partial charge is 0.394 e. The number of amides is 1. The van der Waals surface area contributed by atoms with Crippen LogP contribution < -0.4 is 5.32 Å². The molecule has 9 heteroatoms. The summed E-state index contributed by atoms with van der Waals surface area (Å²) in [6.45, 7) is 3.11. The third-order valence-electron chi connectivity index (χ3n) is 3.07. The molecule has 2 N–H and O–H groups in total. The average molecular weight is 343 g/mol. The average Bonchev–Trinajstić information content (AvgIpc) is 2.93. The molecular formula is C15H16F3N3O3. The zero-order chi connectivity index (χ0) is 18.0. The first-order valence-electron chi connectivity index (χ1n) is 7.03. The quantitative estimate of drug-likeness (QED) is 0.870. The zero-order valence-electron chi connectivity index (χ0n) is 13.0. The Morgan fingerprint density at radius 2 is 1.88 bits per heavy atom. The monoisotopic (exact) mass is 343 g/mol. The molecule has 0 aliphatic rings. The summed E-state index contributed by atoms with van der Waals surface area (Å²) >= 11 is 0. The maximum Gasteiger partial charge on any atom is 0.396 e. The van der Waals surface area contributed by atoms with Gasteiger partial charge in [-0.15, -0.1) is 0 Å². The Bertz CT molecular complexity index is 709. The predicted molar refractivity (Wildman–Crippen MR) is 78.1 cm³/mol. The molecule has 2 rings (SSSR count). The molecule has 0 spiro atoms. The van der Waals surface area contributed by atoms with Crippen LogP contribution in [0, 0.1) is 0 Å². The van der Waals surface area contributed by atoms with Gasteiger partial charge in [-0.1, -0.05) is 5.16 Å². The van der Waals surface area contributed by atoms with E-state index in [9.17, 15) is 18.0 Å². The Hall–Kier alpha value is -2.42. The topological polar surface area (TPSA) is 88.2 Å². The third kappa shape index (κ3) is 4.79. The normalized spacial score (nSPS) is 12.2. The standard InChI is InChI=1S/C15H16F3N3O3/c1-14(2,8-22)20-12(23)9-3-5-10(6-4-9)13-19-11(21-24-13)7-15(16,17)18/h3-6,22H,7-8H2,1-2H3,(H,20,23). The van der Waals surface area contributed by atoms with Gasteiger partial charge in [-0.2, -0.15) is 18.2 Å². The number of carbonyl (C=O) groups excluding carboxylic acids is 1. The number of carbonyl (C=O) groups is 1. The second-order valence-electron chi connectivity index (χ2n) is 5.88. The molecule has 130 valence electrons. The van der Waals surface area contributed by atoms with Gasteiger partial charge in [0.25, 0.3) is 11.8 Å². The van der Waals surface area contributed by atoms with Gasteiger partial charge in [0.15, 0.2) is 5.82 Å². The van der Waals surface area contributed by atoms with Crippen molar-refractivity contribution >= 4 is 5.91 Å². The summed E-state index contributed by atoms with van der Waals surface area (Å²) in [7, 11) is 0. The van der Waals surface area contributed by atoms with Gasteiger partial charge in [-0.25, -0.2) is 0 Å². The lowest BCUT2D eigenvalue weighted by Crippen LogP contribution is -2.46. The van der Waals surface area contributed by atoms with E-state index < -0.39 is 24.0 Å². The van der Waals surface area contributed by atoms with Crippen LogP contribution in [0.5, 0.6) is 0 Å². The van der Waals surface area contributed by atoms with Crippen LogP contribution in [0.4, 0.5) is 13.2 Å². The number of aliphatic hydroxyl groups excluding tert-OH is 1. The minimum atomic E-state index is -4.41. The van der Waals surface area contributed by atoms with E-state index >= 15 is 0 Å². The molecule has 1 amide bonds. The number of hydrogen-bond donors (Lipinski definition) is 2. The first kappa shape index (κ1) is 17.9. The Morgan fingerprint density at radius 3 is 2.42 bits per heavy atom. The van der Waals surface area contributed by atoms with Crippen molar-refractivity contribution in [1.29, 1.82) is 0 Å². The molecule has 2 aromatic rings. The molecule has 0 bridgehead atoms. The number of rotatable bonds is 5. The van der Waals surface area contributed by atoms with E-state index in [2.05, 4.69) is 15.5 Å². The molecule has 0 saturated heterocycles. The van der Waals surface area contributed by atoms with Gasteiger partial charge in [0.05, 0.1) is 12.1 Å². The van der Waals surface area contributed by atoms with E-state index in [0.29, 0.717) is 11.1 Å². The minimum Gasteiger partial charge on any atom is -0.394 e. The molecule has 0 saturated carbocycles. The van der Waals surface area contributed by atoms with Crippen molar-refractivity contribution in [2.24, 2.45) is 0 Å². The number of nitrogens with zero attached hydrogens (tertiary/aromatic N) is 2. The van der Waals surface area contributed by atoms with Crippen LogP contribution in [-0.2, 0) is 6.42 Å². The Kier molecular flexibility index (Phi) is 4.93. The molecule has 0 aliphatic heterocycles. The number of halogens is 3. The van der Waals surface area contributed by atoms with Crippen LogP contribution in [0.2, 0.25) is 0 Å². The van der Waals surface area contributed by atoms with Gasteiger partial charge in [0.1, 0.15) is 6.42 Å². The van der Waals surface area contributed by atoms with Crippen LogP contribution >= 0.6 is 0 Å². The minimum absolute atomic E-state index is 0.0584. The van der Waals surface area contributed by atoms with Crippen LogP contribution in [0.1, 0.15) is 30.0 Å². The molecule has 0 unspecified atom stereocenters. The van der Waals surface area contributed by atoms with E-state index in [-0.39, 0.29) is 18.4 Å². The van der Waals surface area contributed by atoms with Crippen molar-refractivity contribution in [3.05, 3.63) is 35.7 Å². The Labute approximate surface area is 135 Å². The van der Waals surface area contributed by atoms with Gasteiger partial charge in [0, 0.05) is 11.1 Å². The van der Waals surface area contributed by atoms with Crippen molar-refractivity contribution in [2.45, 2.75) is 32.0 Å². The molecule has 0 radical (unpaired) electrons. The molecule has 1 heterocycles. The summed E-state index contributed by atoms with van der Waals surface area (Å²) in [5, 5.41) is 15.1. The fraction of sp³-hybridized carbons (Fsp3) is 0.400. The van der Waals surface area contributed by atoms with Crippen LogP contribution in [0.3, 0.4) is 0 Å². The molecule has 1 aromatic carbocycles. The fourth-order valence-corrected chi connectivity index (χ4v) is 1.81. The van der Waals surface area contributed by atoms with E-state index in [1.54, 1.807) is 13.8 Å². The van der Waals surface area contributed by atoms with Crippen LogP contribution in [0.25, 0.3) is 11.5 Å². The SMILES string of the molecule is CC(C)(CO)NC(=O)c1ccc(-c2nc(CC(F)(F)F)no2)cc1. The Morgan fingerprint density at radius 1 is 1.25 bits per heavy atom. The number of aromatic nitrogens is 2. The maximum absolute atomic E-state index is 12.3. The lowest BCUT2D eigenvalue weighted by molar-refractivity contribution is -0.128. The summed E-state index contributed by atoms with van der Waals surface area (Å²) in [4.78, 5) is 15.7. The predicted octanol–water partition coefficient (Wildman–Crippen LogP) is 2.34. The summed E-state index contributed by atoms with van der Waals surface area (Å²) in [5.74, 6) is -0.898. The van der Waals surface area contributed by atoms with Crippen LogP contribution in [0.15, 0.2) is 28.8 Å². The number of aliphatic hydroxyl groups is 1. The van der Waals surface area contributed by atoms with E-state index in [1.165, 1.54) is 24.3 Å². The lowest BCUT2D eigenvalue weighted by Gasteiger charge is -2.23. The highest BCUT2D eigenvalue weighted by atomic mass is 19.4. The van der Waals surface area contributed by atoms with Crippen molar-refractivity contribution in [2.75, 3.05) is 6.61 Å². The van der Waals surface area contributed by atoms with Gasteiger partial charge in [-0.05, 0) is 38.1 Å². The summed E-state index contributed by atoms with van der Waals surface area (Å²) < 4.78 is 41.6. The molecule has 0 fully saturated rings. The van der Waals surface area contributed by atoms with E-state index in [4.69, 9.17) is 9.63 Å². The Balaban J connectivity index is 2.11. The van der Waals surface area contributed by atoms with Crippen LogP contribution in [-0.4, -0.2) is 39.5 Å². The number of hydrogen-bond acceptors (Lipinski definition) is 5. The molecule has 6 nitrogen and oxygen atoms in total. The highest BCUT2D eigenvalue weighted by Gasteiger charge is 2.30. The number of benzene rings is 1. The largest absolute Gasteiger partial charge is 0.396 e. The first-order valence-corrected chi connectivity index (χ1v) is 7.03. The fourth-order valence-electron chi connectivity index (χ4n) is 1.81. The second kappa shape index (κ2) is 6.60. The highest BCUT2D eigenvalue weighted by molar-refractivity contribution is 5.95. The summed E-state index contributed by atoms with van der Waals surface area (Å²) in [6, 6.07) is 5.94. The van der Waals surface area contributed by atoms with Crippen molar-refractivity contribution in [3.63, 3.8) is 0 Å². The van der Waals surface area contributed by atoms with Gasteiger partial charge in [0.2, 0.25) is 0 Å². The second-order valence-corrected chi connectivity index (χ2v) is 5.88. The molecule has 1 aromatic heterocycles. The molecule has 0 atom stereocenters. The lowest BCUT2D eigenvalue weighted by atomic mass is 10.1. The highest BCUT2D eigenvalue weighted by Crippen LogP contribution is 2.23. The molecule has 24 heavy (non-hydrogen) atoms. The first-order chi connectivity index (χ1) is 11.1. The van der Waals surface area contributed by atoms with Gasteiger partial charge < -0.3 is 14.9 Å². The molecule has 0 aliphatic carbocycles. The maximum atomic E-state index is 12.3. The van der Waals surface area contributed by atoms with Crippen molar-refractivity contribution < 1.29 is 27.6 Å². The molecular weight excluding hydrogens is 327 g/mol. The third-order valence-corrected chi connectivity index (χ3v) is 3.07. The zero-order valence-corrected chi connectivity index (χ0v) is 13.0.